The van der Waals surface area contributed by atoms with E-state index < -0.39 is 10.1 Å². The third kappa shape index (κ3) is 8.68. The summed E-state index contributed by atoms with van der Waals surface area (Å²) in [5.74, 6) is 1.25. The van der Waals surface area contributed by atoms with Gasteiger partial charge in [0.25, 0.3) is 10.1 Å². The summed E-state index contributed by atoms with van der Waals surface area (Å²) in [5.41, 5.74) is 1.38. The van der Waals surface area contributed by atoms with Crippen LogP contribution in [0.4, 0.5) is 5.00 Å². The zero-order valence-electron chi connectivity index (χ0n) is 18.9. The number of anilines is 1. The van der Waals surface area contributed by atoms with Crippen LogP contribution in [0.25, 0.3) is 11.6 Å². The third-order valence-electron chi connectivity index (χ3n) is 4.81. The molecule has 0 saturated carbocycles. The maximum atomic E-state index is 9.64. The van der Waals surface area contributed by atoms with E-state index in [-0.39, 0.29) is 6.61 Å². The van der Waals surface area contributed by atoms with E-state index in [0.29, 0.717) is 23.3 Å². The van der Waals surface area contributed by atoms with Gasteiger partial charge in [-0.05, 0) is 42.0 Å². The molecule has 9 nitrogen and oxygen atoms in total. The van der Waals surface area contributed by atoms with Crippen molar-refractivity contribution in [2.45, 2.75) is 0 Å². The first kappa shape index (κ1) is 26.6. The Hall–Kier alpha value is -2.62. The Kier molecular flexibility index (Phi) is 10.1. The Morgan fingerprint density at radius 1 is 1.15 bits per heavy atom. The normalized spacial score (nSPS) is 14.8. The van der Waals surface area contributed by atoms with Crippen molar-refractivity contribution in [1.82, 2.24) is 4.90 Å². The number of hydrogen-bond acceptors (Lipinski definition) is 9. The molecule has 1 saturated heterocycles. The lowest BCUT2D eigenvalue weighted by molar-refractivity contribution is 0.189. The minimum Gasteiger partial charge on any atom is -0.493 e. The van der Waals surface area contributed by atoms with Gasteiger partial charge in [0.1, 0.15) is 0 Å². The Balaban J connectivity index is 0.000000696. The number of methoxy groups -OCH3 is 2. The van der Waals surface area contributed by atoms with Crippen LogP contribution in [-0.4, -0.2) is 82.8 Å². The number of thiophene rings is 1. The van der Waals surface area contributed by atoms with Crippen LogP contribution >= 0.6 is 11.3 Å². The van der Waals surface area contributed by atoms with Crippen molar-refractivity contribution < 1.29 is 27.6 Å². The van der Waals surface area contributed by atoms with E-state index in [1.807, 2.05) is 24.3 Å². The minimum absolute atomic E-state index is 0.209. The molecule has 0 radical (unpaired) electrons. The molecule has 1 aromatic carbocycles. The first-order valence-electron chi connectivity index (χ1n) is 10.1. The molecule has 1 fully saturated rings. The van der Waals surface area contributed by atoms with Gasteiger partial charge in [0.2, 0.25) is 0 Å². The van der Waals surface area contributed by atoms with Crippen molar-refractivity contribution in [1.29, 1.82) is 5.26 Å². The number of rotatable bonds is 7. The summed E-state index contributed by atoms with van der Waals surface area (Å²) in [4.78, 5) is 5.67. The van der Waals surface area contributed by atoms with Gasteiger partial charge in [-0.15, -0.1) is 11.3 Å². The van der Waals surface area contributed by atoms with E-state index in [2.05, 4.69) is 28.0 Å². The van der Waals surface area contributed by atoms with Crippen molar-refractivity contribution in [3.63, 3.8) is 0 Å². The fourth-order valence-corrected chi connectivity index (χ4v) is 4.25. The van der Waals surface area contributed by atoms with Gasteiger partial charge in [-0.25, -0.2) is 0 Å². The third-order valence-corrected chi connectivity index (χ3v) is 5.91. The number of allylic oxidation sites excluding steroid dienone is 1. The number of nitrogens with zero attached hydrogens (tertiary/aromatic N) is 3. The lowest BCUT2D eigenvalue weighted by Gasteiger charge is -2.34. The van der Waals surface area contributed by atoms with E-state index in [1.165, 1.54) is 5.00 Å². The number of aliphatic hydroxyl groups is 1. The smallest absolute Gasteiger partial charge is 0.261 e. The molecular formula is C22H29N3O6S2. The number of aliphatic hydroxyl groups excluding tert-OH is 1. The van der Waals surface area contributed by atoms with Crippen molar-refractivity contribution in [3.05, 3.63) is 40.8 Å². The molecule has 1 aromatic heterocycles. The lowest BCUT2D eigenvalue weighted by Crippen LogP contribution is -2.46. The maximum absolute atomic E-state index is 9.64. The summed E-state index contributed by atoms with van der Waals surface area (Å²) in [6.45, 7) is 4.76. The summed E-state index contributed by atoms with van der Waals surface area (Å²) in [7, 11) is -0.487. The number of benzene rings is 1. The van der Waals surface area contributed by atoms with Crippen molar-refractivity contribution in [2.75, 3.05) is 64.7 Å². The van der Waals surface area contributed by atoms with Gasteiger partial charge in [0.05, 0.1) is 43.7 Å². The molecule has 0 aliphatic carbocycles. The Bertz CT molecular complexity index is 1080. The lowest BCUT2D eigenvalue weighted by atomic mass is 10.1. The van der Waals surface area contributed by atoms with Crippen LogP contribution in [0.1, 0.15) is 10.4 Å². The van der Waals surface area contributed by atoms with Crippen LogP contribution in [0, 0.1) is 11.3 Å². The minimum atomic E-state index is -3.67. The van der Waals surface area contributed by atoms with Gasteiger partial charge in [-0.2, -0.15) is 13.7 Å². The monoisotopic (exact) mass is 495 g/mol. The van der Waals surface area contributed by atoms with Crippen LogP contribution in [-0.2, 0) is 10.1 Å². The average molecular weight is 496 g/mol. The molecule has 11 heteroatoms. The predicted molar refractivity (Wildman–Crippen MR) is 131 cm³/mol. The molecule has 1 aliphatic heterocycles. The van der Waals surface area contributed by atoms with Gasteiger partial charge in [0, 0.05) is 37.6 Å². The molecule has 2 heterocycles. The largest absolute Gasteiger partial charge is 0.493 e. The molecule has 0 atom stereocenters. The average Bonchev–Trinajstić information content (AvgIpc) is 3.25. The van der Waals surface area contributed by atoms with Gasteiger partial charge in [-0.1, -0.05) is 0 Å². The van der Waals surface area contributed by atoms with Crippen molar-refractivity contribution >= 4 is 38.1 Å². The molecule has 2 N–H and O–H groups in total. The molecule has 0 spiro atoms. The zero-order valence-corrected chi connectivity index (χ0v) is 20.5. The summed E-state index contributed by atoms with van der Waals surface area (Å²) in [6, 6.07) is 12.0. The Morgan fingerprint density at radius 2 is 1.79 bits per heavy atom. The molecule has 180 valence electrons. The fraction of sp³-hybridized carbons (Fsp3) is 0.409. The number of piperazine rings is 1. The Morgan fingerprint density at radius 3 is 2.33 bits per heavy atom. The van der Waals surface area contributed by atoms with Gasteiger partial charge in [0.15, 0.2) is 11.5 Å². The summed E-state index contributed by atoms with van der Waals surface area (Å²) in [5, 5.41) is 19.9. The van der Waals surface area contributed by atoms with Crippen molar-refractivity contribution in [3.8, 4) is 17.6 Å². The van der Waals surface area contributed by atoms with Crippen LogP contribution in [0.2, 0.25) is 0 Å². The molecule has 0 unspecified atom stereocenters. The molecule has 0 bridgehead atoms. The fourth-order valence-electron chi connectivity index (χ4n) is 3.25. The second kappa shape index (κ2) is 12.6. The summed E-state index contributed by atoms with van der Waals surface area (Å²) >= 11 is 1.68. The van der Waals surface area contributed by atoms with Crippen LogP contribution in [0.3, 0.4) is 0 Å². The molecule has 2 aromatic rings. The zero-order chi connectivity index (χ0) is 24.4. The van der Waals surface area contributed by atoms with E-state index in [1.54, 1.807) is 25.6 Å². The Labute approximate surface area is 198 Å². The highest BCUT2D eigenvalue weighted by molar-refractivity contribution is 7.85. The highest BCUT2D eigenvalue weighted by atomic mass is 32.2. The van der Waals surface area contributed by atoms with Gasteiger partial charge < -0.3 is 19.5 Å². The van der Waals surface area contributed by atoms with E-state index >= 15 is 0 Å². The SMILES string of the molecule is COc1ccc(/C(C#N)=C/c2ccc(N3CCN(CCO)CC3)s2)cc1OC.CS(=O)(=O)O. The van der Waals surface area contributed by atoms with E-state index in [4.69, 9.17) is 19.1 Å². The quantitative estimate of drug-likeness (QED) is 0.440. The number of nitriles is 1. The van der Waals surface area contributed by atoms with Gasteiger partial charge >= 0.3 is 0 Å². The molecule has 3 rings (SSSR count). The van der Waals surface area contributed by atoms with E-state index in [9.17, 15) is 13.7 Å². The first-order chi connectivity index (χ1) is 15.7. The van der Waals surface area contributed by atoms with Crippen LogP contribution in [0.5, 0.6) is 11.5 Å². The predicted octanol–water partition coefficient (Wildman–Crippen LogP) is 2.45. The first-order valence-corrected chi connectivity index (χ1v) is 12.8. The van der Waals surface area contributed by atoms with E-state index in [0.717, 1.165) is 43.2 Å². The summed E-state index contributed by atoms with van der Waals surface area (Å²) in [6.07, 6.45) is 2.63. The second-order valence-corrected chi connectivity index (χ2v) is 9.76. The highest BCUT2D eigenvalue weighted by Crippen LogP contribution is 2.33. The maximum Gasteiger partial charge on any atom is 0.261 e. The molecule has 33 heavy (non-hydrogen) atoms. The summed E-state index contributed by atoms with van der Waals surface area (Å²) < 4.78 is 36.5. The van der Waals surface area contributed by atoms with Crippen LogP contribution < -0.4 is 14.4 Å². The standard InChI is InChI=1S/C21H25N3O3S.CH4O3S/c1-26-19-5-3-16(14-20(19)27-2)17(15-22)13-18-4-6-21(28-18)24-9-7-23(8-10-24)11-12-25;1-5(2,3)4/h3-6,13-14,25H,7-12H2,1-2H3;1H3,(H,2,3,4)/b17-13+;. The molecular weight excluding hydrogens is 466 g/mol. The second-order valence-electron chi connectivity index (χ2n) is 7.20. The highest BCUT2D eigenvalue weighted by Gasteiger charge is 2.18. The number of hydrogen-bond donors (Lipinski definition) is 2. The molecule has 0 amide bonds. The number of β-amino-alcohol motifs (C(OH)–C–C–N with tert-alkyl or cyclic N) is 1. The number of ether oxygens (including phenoxy) is 2. The van der Waals surface area contributed by atoms with Crippen LogP contribution in [0.15, 0.2) is 30.3 Å². The topological polar surface area (TPSA) is 123 Å². The molecule has 1 aliphatic rings. The van der Waals surface area contributed by atoms with Crippen molar-refractivity contribution in [2.24, 2.45) is 0 Å². The van der Waals surface area contributed by atoms with Gasteiger partial charge in [-0.3, -0.25) is 9.45 Å².